The number of aryl methyl sites for hydroxylation is 2. The second-order valence-electron chi connectivity index (χ2n) is 3.33. The smallest absolute Gasteiger partial charge is 0.367 e. The van der Waals surface area contributed by atoms with Gasteiger partial charge in [-0.3, -0.25) is 0 Å². The van der Waals surface area contributed by atoms with E-state index in [1.54, 1.807) is 13.8 Å². The van der Waals surface area contributed by atoms with E-state index in [1.807, 2.05) is 0 Å². The van der Waals surface area contributed by atoms with Crippen LogP contribution in [0.15, 0.2) is 0 Å². The summed E-state index contributed by atoms with van der Waals surface area (Å²) in [6.07, 6.45) is -5.12. The van der Waals surface area contributed by atoms with Gasteiger partial charge in [-0.1, -0.05) is 11.6 Å². The van der Waals surface area contributed by atoms with Crippen molar-refractivity contribution < 1.29 is 13.2 Å². The van der Waals surface area contributed by atoms with E-state index in [4.69, 9.17) is 11.6 Å². The lowest BCUT2D eigenvalue weighted by Gasteiger charge is -2.10. The van der Waals surface area contributed by atoms with Gasteiger partial charge in [0.25, 0.3) is 0 Å². The van der Waals surface area contributed by atoms with Crippen LogP contribution in [0.3, 0.4) is 0 Å². The molecule has 7 heteroatoms. The van der Waals surface area contributed by atoms with Crippen LogP contribution in [0.25, 0.3) is 0 Å². The lowest BCUT2D eigenvalue weighted by molar-refractivity contribution is -0.131. The van der Waals surface area contributed by atoms with Crippen LogP contribution in [0.1, 0.15) is 17.8 Å². The maximum absolute atomic E-state index is 11.9. The van der Waals surface area contributed by atoms with Crippen LogP contribution >= 0.6 is 11.6 Å². The van der Waals surface area contributed by atoms with Crippen molar-refractivity contribution >= 4 is 17.4 Å². The monoisotopic (exact) mass is 253 g/mol. The predicted octanol–water partition coefficient (Wildman–Crippen LogP) is 3.11. The summed E-state index contributed by atoms with van der Waals surface area (Å²) in [4.78, 5) is 7.97. The Kier molecular flexibility index (Phi) is 3.96. The zero-order valence-electron chi connectivity index (χ0n) is 8.82. The molecule has 0 aliphatic heterocycles. The second-order valence-corrected chi connectivity index (χ2v) is 3.68. The number of hydrogen-bond acceptors (Lipinski definition) is 3. The molecule has 1 rings (SSSR count). The van der Waals surface area contributed by atoms with E-state index >= 15 is 0 Å². The topological polar surface area (TPSA) is 37.8 Å². The van der Waals surface area contributed by atoms with Crippen molar-refractivity contribution in [1.29, 1.82) is 0 Å². The van der Waals surface area contributed by atoms with Crippen molar-refractivity contribution in [3.8, 4) is 0 Å². The molecule has 0 atom stereocenters. The summed E-state index contributed by atoms with van der Waals surface area (Å²) in [6.45, 7) is 3.18. The van der Waals surface area contributed by atoms with Crippen molar-refractivity contribution in [1.82, 2.24) is 9.97 Å². The highest BCUT2D eigenvalue weighted by Crippen LogP contribution is 2.21. The second kappa shape index (κ2) is 4.86. The fraction of sp³-hybridized carbons (Fsp3) is 0.556. The summed E-state index contributed by atoms with van der Waals surface area (Å²) in [5.74, 6) is 0.189. The number of alkyl halides is 3. The average Bonchev–Trinajstić information content (AvgIpc) is 2.11. The highest BCUT2D eigenvalue weighted by atomic mass is 35.5. The molecule has 1 heterocycles. The first-order chi connectivity index (χ1) is 7.29. The molecule has 0 radical (unpaired) electrons. The number of nitrogens with zero attached hydrogens (tertiary/aromatic N) is 2. The molecule has 3 nitrogen and oxygen atoms in total. The lowest BCUT2D eigenvalue weighted by atomic mass is 10.3. The molecule has 0 unspecified atom stereocenters. The van der Waals surface area contributed by atoms with E-state index in [-0.39, 0.29) is 17.5 Å². The van der Waals surface area contributed by atoms with E-state index < -0.39 is 12.6 Å². The Morgan fingerprint density at radius 1 is 1.19 bits per heavy atom. The number of aromatic nitrogens is 2. The molecule has 0 saturated carbocycles. The molecule has 0 aliphatic rings. The zero-order chi connectivity index (χ0) is 12.3. The maximum atomic E-state index is 11.9. The third-order valence-corrected chi connectivity index (χ3v) is 2.23. The van der Waals surface area contributed by atoms with Gasteiger partial charge in [-0.15, -0.1) is 0 Å². The van der Waals surface area contributed by atoms with Gasteiger partial charge in [0.1, 0.15) is 0 Å². The van der Waals surface area contributed by atoms with Crippen LogP contribution in [0.5, 0.6) is 0 Å². The molecule has 0 spiro atoms. The number of halogens is 4. The van der Waals surface area contributed by atoms with Gasteiger partial charge in [0.05, 0.1) is 17.8 Å². The van der Waals surface area contributed by atoms with Gasteiger partial charge in [0, 0.05) is 6.54 Å². The molecule has 0 saturated heterocycles. The van der Waals surface area contributed by atoms with Crippen molar-refractivity contribution in [3.63, 3.8) is 0 Å². The van der Waals surface area contributed by atoms with Gasteiger partial charge >= 0.3 is 6.18 Å². The third kappa shape index (κ3) is 3.84. The Morgan fingerprint density at radius 2 is 1.75 bits per heavy atom. The van der Waals surface area contributed by atoms with Gasteiger partial charge in [-0.25, -0.2) is 9.97 Å². The number of rotatable bonds is 3. The standard InChI is InChI=1S/C9H11ClF3N3/c1-5-6(2)16-8(7(10)15-5)14-4-3-9(11,12)13/h3-4H2,1-2H3,(H,14,16). The van der Waals surface area contributed by atoms with E-state index in [2.05, 4.69) is 15.3 Å². The Labute approximate surface area is 96.0 Å². The summed E-state index contributed by atoms with van der Waals surface area (Å²) >= 11 is 5.73. The molecule has 1 aromatic heterocycles. The molecular formula is C9H11ClF3N3. The highest BCUT2D eigenvalue weighted by molar-refractivity contribution is 6.31. The molecule has 16 heavy (non-hydrogen) atoms. The van der Waals surface area contributed by atoms with Crippen LogP contribution < -0.4 is 5.32 Å². The number of hydrogen-bond donors (Lipinski definition) is 1. The van der Waals surface area contributed by atoms with Gasteiger partial charge < -0.3 is 5.32 Å². The molecule has 0 aromatic carbocycles. The lowest BCUT2D eigenvalue weighted by Crippen LogP contribution is -2.15. The first-order valence-electron chi connectivity index (χ1n) is 4.61. The molecule has 90 valence electrons. The van der Waals surface area contributed by atoms with Crippen LogP contribution in [0.2, 0.25) is 5.15 Å². The van der Waals surface area contributed by atoms with Crippen LogP contribution in [-0.4, -0.2) is 22.7 Å². The third-order valence-electron chi connectivity index (χ3n) is 1.97. The molecule has 0 bridgehead atoms. The van der Waals surface area contributed by atoms with Crippen LogP contribution in [0, 0.1) is 13.8 Å². The Balaban J connectivity index is 2.64. The van der Waals surface area contributed by atoms with Gasteiger partial charge in [-0.05, 0) is 13.8 Å². The fourth-order valence-electron chi connectivity index (χ4n) is 1.01. The minimum absolute atomic E-state index is 0.0882. The van der Waals surface area contributed by atoms with Gasteiger partial charge in [0.15, 0.2) is 11.0 Å². The maximum Gasteiger partial charge on any atom is 0.390 e. The zero-order valence-corrected chi connectivity index (χ0v) is 9.58. The quantitative estimate of drug-likeness (QED) is 0.899. The molecule has 0 aliphatic carbocycles. The van der Waals surface area contributed by atoms with Crippen LogP contribution in [-0.2, 0) is 0 Å². The summed E-state index contributed by atoms with van der Waals surface area (Å²) in [6, 6.07) is 0. The number of anilines is 1. The Morgan fingerprint density at radius 3 is 2.31 bits per heavy atom. The Bertz CT molecular complexity index is 379. The van der Waals surface area contributed by atoms with E-state index in [0.29, 0.717) is 11.4 Å². The highest BCUT2D eigenvalue weighted by Gasteiger charge is 2.26. The first-order valence-corrected chi connectivity index (χ1v) is 4.99. The summed E-state index contributed by atoms with van der Waals surface area (Å²) in [5.41, 5.74) is 1.30. The normalized spacial score (nSPS) is 11.6. The molecule has 1 aromatic rings. The number of nitrogens with one attached hydrogen (secondary N) is 1. The van der Waals surface area contributed by atoms with Crippen molar-refractivity contribution in [2.24, 2.45) is 0 Å². The SMILES string of the molecule is Cc1nc(Cl)c(NCCC(F)(F)F)nc1C. The average molecular weight is 254 g/mol. The largest absolute Gasteiger partial charge is 0.390 e. The van der Waals surface area contributed by atoms with E-state index in [0.717, 1.165) is 0 Å². The van der Waals surface area contributed by atoms with Crippen LogP contribution in [0.4, 0.5) is 19.0 Å². The molecular weight excluding hydrogens is 243 g/mol. The van der Waals surface area contributed by atoms with Gasteiger partial charge in [0.2, 0.25) is 0 Å². The molecule has 0 fully saturated rings. The fourth-order valence-corrected chi connectivity index (χ4v) is 1.25. The van der Waals surface area contributed by atoms with Crippen molar-refractivity contribution in [3.05, 3.63) is 16.5 Å². The van der Waals surface area contributed by atoms with E-state index in [9.17, 15) is 13.2 Å². The summed E-state index contributed by atoms with van der Waals surface area (Å²) in [7, 11) is 0. The summed E-state index contributed by atoms with van der Waals surface area (Å²) < 4.78 is 35.7. The molecule has 1 N–H and O–H groups in total. The van der Waals surface area contributed by atoms with Crippen molar-refractivity contribution in [2.45, 2.75) is 26.4 Å². The first kappa shape index (κ1) is 13.0. The summed E-state index contributed by atoms with van der Waals surface area (Å²) in [5, 5.41) is 2.60. The Hall–Kier alpha value is -1.04. The minimum atomic E-state index is -4.19. The van der Waals surface area contributed by atoms with Crippen molar-refractivity contribution in [2.75, 3.05) is 11.9 Å². The minimum Gasteiger partial charge on any atom is -0.367 e. The van der Waals surface area contributed by atoms with Gasteiger partial charge in [-0.2, -0.15) is 13.2 Å². The predicted molar refractivity (Wildman–Crippen MR) is 55.7 cm³/mol. The van der Waals surface area contributed by atoms with E-state index in [1.165, 1.54) is 0 Å². The molecule has 0 amide bonds.